The Hall–Kier alpha value is -3.70. The van der Waals surface area contributed by atoms with Crippen LogP contribution in [-0.4, -0.2) is 61.7 Å². The molecule has 0 spiro atoms. The summed E-state index contributed by atoms with van der Waals surface area (Å²) in [5, 5.41) is 15.1. The van der Waals surface area contributed by atoms with Crippen LogP contribution >= 0.6 is 23.2 Å². The van der Waals surface area contributed by atoms with Crippen molar-refractivity contribution in [2.75, 3.05) is 6.54 Å². The molecule has 0 fully saturated rings. The standard InChI is InChI=1S/C27H24Cl2F2N4O5/c1-13-9-21-18(11-33(13)24(36)16-5-8-19(28)20(29)10-16)23-25(37)34(12-22(26(38)39)35(23)32-21)14(2)15-3-6-17(7-4-15)40-27(30)31/h3-8,10,13-14,22,27H,9,11-12H2,1-2H3,(H,38,39)/t13-,14+,22+/m1/s1. The number of halogens is 4. The molecule has 3 aromatic rings. The molecule has 0 saturated carbocycles. The molecule has 0 unspecified atom stereocenters. The van der Waals surface area contributed by atoms with E-state index < -0.39 is 30.6 Å². The molecular formula is C27H24Cl2F2N4O5. The van der Waals surface area contributed by atoms with Gasteiger partial charge in [-0.15, -0.1) is 0 Å². The molecule has 2 aliphatic rings. The number of hydrogen-bond acceptors (Lipinski definition) is 5. The number of carbonyl (C=O) groups is 3. The maximum atomic E-state index is 13.9. The number of benzene rings is 2. The summed E-state index contributed by atoms with van der Waals surface area (Å²) >= 11 is 12.1. The third kappa shape index (κ3) is 4.99. The normalized spacial score (nSPS) is 19.3. The summed E-state index contributed by atoms with van der Waals surface area (Å²) < 4.78 is 30.7. The molecule has 9 nitrogen and oxygen atoms in total. The van der Waals surface area contributed by atoms with Gasteiger partial charge in [-0.1, -0.05) is 35.3 Å². The Labute approximate surface area is 237 Å². The lowest BCUT2D eigenvalue weighted by molar-refractivity contribution is -0.142. The second-order valence-electron chi connectivity index (χ2n) is 9.77. The van der Waals surface area contributed by atoms with Gasteiger partial charge < -0.3 is 19.6 Å². The van der Waals surface area contributed by atoms with Gasteiger partial charge in [-0.05, 0) is 49.7 Å². The molecule has 2 amide bonds. The Bertz CT molecular complexity index is 1500. The Morgan fingerprint density at radius 1 is 1.12 bits per heavy atom. The average molecular weight is 593 g/mol. The van der Waals surface area contributed by atoms with E-state index >= 15 is 0 Å². The van der Waals surface area contributed by atoms with Gasteiger partial charge >= 0.3 is 12.6 Å². The predicted octanol–water partition coefficient (Wildman–Crippen LogP) is 5.22. The molecule has 210 valence electrons. The smallest absolute Gasteiger partial charge is 0.387 e. The fraction of sp³-hybridized carbons (Fsp3) is 0.333. The van der Waals surface area contributed by atoms with Gasteiger partial charge in [0.2, 0.25) is 0 Å². The quantitative estimate of drug-likeness (QED) is 0.420. The Morgan fingerprint density at radius 2 is 1.82 bits per heavy atom. The van der Waals surface area contributed by atoms with E-state index in [0.29, 0.717) is 33.8 Å². The summed E-state index contributed by atoms with van der Waals surface area (Å²) in [6.07, 6.45) is 0.323. The lowest BCUT2D eigenvalue weighted by Gasteiger charge is -2.37. The van der Waals surface area contributed by atoms with Gasteiger partial charge in [0.1, 0.15) is 11.4 Å². The number of carboxylic acids is 1. The van der Waals surface area contributed by atoms with Gasteiger partial charge in [-0.2, -0.15) is 13.9 Å². The van der Waals surface area contributed by atoms with Crippen LogP contribution in [0.3, 0.4) is 0 Å². The molecule has 2 aromatic carbocycles. The highest BCUT2D eigenvalue weighted by Crippen LogP contribution is 2.36. The number of aromatic nitrogens is 2. The summed E-state index contributed by atoms with van der Waals surface area (Å²) in [4.78, 5) is 42.6. The van der Waals surface area contributed by atoms with E-state index in [0.717, 1.165) is 0 Å². The molecule has 1 N–H and O–H groups in total. The number of carboxylic acid groups (broad SMARTS) is 1. The van der Waals surface area contributed by atoms with Crippen LogP contribution in [-0.2, 0) is 17.8 Å². The Balaban J connectivity index is 1.48. The summed E-state index contributed by atoms with van der Waals surface area (Å²) in [7, 11) is 0. The maximum absolute atomic E-state index is 13.9. The molecule has 1 aromatic heterocycles. The van der Waals surface area contributed by atoms with E-state index in [9.17, 15) is 28.3 Å². The van der Waals surface area contributed by atoms with Crippen LogP contribution in [0, 0.1) is 0 Å². The van der Waals surface area contributed by atoms with Gasteiger partial charge in [-0.25, -0.2) is 9.48 Å². The van der Waals surface area contributed by atoms with Crippen LogP contribution in [0.25, 0.3) is 0 Å². The highest BCUT2D eigenvalue weighted by molar-refractivity contribution is 6.42. The van der Waals surface area contributed by atoms with Crippen molar-refractivity contribution in [3.63, 3.8) is 0 Å². The number of aliphatic carboxylic acids is 1. The fourth-order valence-corrected chi connectivity index (χ4v) is 5.49. The summed E-state index contributed by atoms with van der Waals surface area (Å²) in [6, 6.07) is 8.37. The van der Waals surface area contributed by atoms with Crippen LogP contribution in [0.2, 0.25) is 10.0 Å². The molecule has 5 rings (SSSR count). The van der Waals surface area contributed by atoms with E-state index in [2.05, 4.69) is 9.84 Å². The topological polar surface area (TPSA) is 105 Å². The molecule has 13 heteroatoms. The van der Waals surface area contributed by atoms with Crippen molar-refractivity contribution >= 4 is 41.0 Å². The second-order valence-corrected chi connectivity index (χ2v) is 10.6. The minimum Gasteiger partial charge on any atom is -0.480 e. The van der Waals surface area contributed by atoms with Crippen LogP contribution in [0.1, 0.15) is 63.6 Å². The summed E-state index contributed by atoms with van der Waals surface area (Å²) in [5.41, 5.74) is 2.08. The van der Waals surface area contributed by atoms with Crippen LogP contribution in [0.4, 0.5) is 8.78 Å². The monoisotopic (exact) mass is 592 g/mol. The van der Waals surface area contributed by atoms with Crippen molar-refractivity contribution in [2.24, 2.45) is 0 Å². The number of ether oxygens (including phenoxy) is 1. The van der Waals surface area contributed by atoms with Crippen molar-refractivity contribution in [3.05, 3.63) is 80.6 Å². The first kappa shape index (κ1) is 27.9. The number of carbonyl (C=O) groups excluding carboxylic acids is 2. The van der Waals surface area contributed by atoms with Gasteiger partial charge in [-0.3, -0.25) is 9.59 Å². The van der Waals surface area contributed by atoms with E-state index in [1.807, 2.05) is 6.92 Å². The zero-order chi connectivity index (χ0) is 28.9. The van der Waals surface area contributed by atoms with Gasteiger partial charge in [0.15, 0.2) is 6.04 Å². The molecule has 0 bridgehead atoms. The third-order valence-electron chi connectivity index (χ3n) is 7.34. The number of nitrogens with zero attached hydrogens (tertiary/aromatic N) is 4. The highest BCUT2D eigenvalue weighted by Gasteiger charge is 2.43. The zero-order valence-electron chi connectivity index (χ0n) is 21.4. The average Bonchev–Trinajstić information content (AvgIpc) is 3.27. The third-order valence-corrected chi connectivity index (χ3v) is 8.08. The first-order valence-electron chi connectivity index (χ1n) is 12.4. The minimum atomic E-state index is -2.97. The number of amides is 2. The molecular weight excluding hydrogens is 569 g/mol. The number of hydrogen-bond donors (Lipinski definition) is 1. The van der Waals surface area contributed by atoms with E-state index in [4.69, 9.17) is 23.2 Å². The molecule has 3 atom stereocenters. The van der Waals surface area contributed by atoms with Gasteiger partial charge in [0, 0.05) is 23.6 Å². The highest BCUT2D eigenvalue weighted by atomic mass is 35.5. The predicted molar refractivity (Wildman–Crippen MR) is 141 cm³/mol. The molecule has 2 aliphatic heterocycles. The summed E-state index contributed by atoms with van der Waals surface area (Å²) in [5.74, 6) is -1.95. The Morgan fingerprint density at radius 3 is 2.45 bits per heavy atom. The van der Waals surface area contributed by atoms with Gasteiger partial charge in [0.25, 0.3) is 11.8 Å². The first-order valence-corrected chi connectivity index (χ1v) is 13.2. The van der Waals surface area contributed by atoms with Crippen molar-refractivity contribution in [1.29, 1.82) is 0 Å². The van der Waals surface area contributed by atoms with E-state index in [1.54, 1.807) is 30.0 Å². The number of alkyl halides is 2. The fourth-order valence-electron chi connectivity index (χ4n) is 5.19. The summed E-state index contributed by atoms with van der Waals surface area (Å²) in [6.45, 7) is 0.495. The van der Waals surface area contributed by atoms with Crippen LogP contribution in [0.15, 0.2) is 42.5 Å². The van der Waals surface area contributed by atoms with Crippen molar-refractivity contribution in [3.8, 4) is 5.75 Å². The van der Waals surface area contributed by atoms with Crippen molar-refractivity contribution in [1.82, 2.24) is 19.6 Å². The maximum Gasteiger partial charge on any atom is 0.387 e. The lowest BCUT2D eigenvalue weighted by Crippen LogP contribution is -2.47. The van der Waals surface area contributed by atoms with E-state index in [-0.39, 0.29) is 41.5 Å². The largest absolute Gasteiger partial charge is 0.480 e. The zero-order valence-corrected chi connectivity index (χ0v) is 22.9. The van der Waals surface area contributed by atoms with Gasteiger partial charge in [0.05, 0.1) is 34.9 Å². The molecule has 0 saturated heterocycles. The van der Waals surface area contributed by atoms with Crippen molar-refractivity contribution < 1.29 is 33.0 Å². The minimum absolute atomic E-state index is 0.0349. The SMILES string of the molecule is C[C@@H]1Cc2nn3c(c2CN1C(=O)c1ccc(Cl)c(Cl)c1)C(=O)N([C@@H](C)c1ccc(OC(F)F)cc1)C[C@H]3C(=O)O. The number of fused-ring (bicyclic) bond motifs is 3. The molecule has 3 heterocycles. The van der Waals surface area contributed by atoms with Crippen LogP contribution < -0.4 is 4.74 Å². The molecule has 0 aliphatic carbocycles. The lowest BCUT2D eigenvalue weighted by atomic mass is 9.96. The molecule has 0 radical (unpaired) electrons. The second kappa shape index (κ2) is 10.7. The van der Waals surface area contributed by atoms with Crippen LogP contribution in [0.5, 0.6) is 5.75 Å². The van der Waals surface area contributed by atoms with E-state index in [1.165, 1.54) is 33.8 Å². The first-order chi connectivity index (χ1) is 19.0. The number of rotatable bonds is 6. The van der Waals surface area contributed by atoms with Crippen molar-refractivity contribution in [2.45, 2.75) is 51.6 Å². The Kier molecular flexibility index (Phi) is 7.45. The molecule has 40 heavy (non-hydrogen) atoms.